The van der Waals surface area contributed by atoms with E-state index in [9.17, 15) is 14.0 Å². The normalized spacial score (nSPS) is 10.8. The van der Waals surface area contributed by atoms with Crippen LogP contribution in [0.1, 0.15) is 20.7 Å². The number of rotatable bonds is 5. The van der Waals surface area contributed by atoms with Gasteiger partial charge in [0.2, 0.25) is 5.78 Å². The number of carbonyl (C=O) groups excluding carboxylic acids is 2. The van der Waals surface area contributed by atoms with Crippen molar-refractivity contribution >= 4 is 22.7 Å². The van der Waals surface area contributed by atoms with E-state index in [4.69, 9.17) is 4.74 Å². The molecular weight excluding hydrogens is 369 g/mol. The molecule has 4 nitrogen and oxygen atoms in total. The fourth-order valence-electron chi connectivity index (χ4n) is 3.51. The number of para-hydroxylation sites is 1. The molecule has 3 aromatic carbocycles. The second kappa shape index (κ2) is 7.72. The van der Waals surface area contributed by atoms with Gasteiger partial charge in [0.05, 0.1) is 16.8 Å². The standard InChI is InChI=1S/C24H18FNO3/c1-26-20-13-6-5-12-19(20)22(23(26)16-8-3-2-4-9-16)21(27)15-29-24(28)17-10-7-11-18(25)14-17/h2-14H,15H2,1H3. The zero-order valence-electron chi connectivity index (χ0n) is 15.8. The van der Waals surface area contributed by atoms with Crippen molar-refractivity contribution in [3.63, 3.8) is 0 Å². The van der Waals surface area contributed by atoms with Gasteiger partial charge in [-0.15, -0.1) is 0 Å². The fraction of sp³-hybridized carbons (Fsp3) is 0.0833. The highest BCUT2D eigenvalue weighted by molar-refractivity contribution is 6.14. The Balaban J connectivity index is 1.69. The molecule has 0 fully saturated rings. The summed E-state index contributed by atoms with van der Waals surface area (Å²) < 4.78 is 20.5. The first-order valence-corrected chi connectivity index (χ1v) is 9.15. The number of fused-ring (bicyclic) bond motifs is 1. The third-order valence-electron chi connectivity index (χ3n) is 4.83. The second-order valence-electron chi connectivity index (χ2n) is 6.68. The molecule has 5 heteroatoms. The molecule has 0 spiro atoms. The van der Waals surface area contributed by atoms with Crippen LogP contribution >= 0.6 is 0 Å². The number of hydrogen-bond acceptors (Lipinski definition) is 3. The van der Waals surface area contributed by atoms with E-state index < -0.39 is 18.4 Å². The molecule has 0 bridgehead atoms. The van der Waals surface area contributed by atoms with Crippen molar-refractivity contribution in [2.45, 2.75) is 0 Å². The van der Waals surface area contributed by atoms with Gasteiger partial charge in [-0.2, -0.15) is 0 Å². The van der Waals surface area contributed by atoms with Gasteiger partial charge >= 0.3 is 5.97 Å². The third kappa shape index (κ3) is 3.55. The van der Waals surface area contributed by atoms with Crippen LogP contribution in [0.25, 0.3) is 22.2 Å². The summed E-state index contributed by atoms with van der Waals surface area (Å²) in [5.41, 5.74) is 3.14. The summed E-state index contributed by atoms with van der Waals surface area (Å²) in [6, 6.07) is 22.4. The number of Topliss-reactive ketones (excluding diaryl/α,β-unsaturated/α-hetero) is 1. The molecule has 0 saturated heterocycles. The van der Waals surface area contributed by atoms with E-state index in [-0.39, 0.29) is 11.3 Å². The number of carbonyl (C=O) groups is 2. The van der Waals surface area contributed by atoms with Gasteiger partial charge < -0.3 is 9.30 Å². The molecule has 1 heterocycles. The first-order valence-electron chi connectivity index (χ1n) is 9.15. The van der Waals surface area contributed by atoms with Crippen LogP contribution in [-0.2, 0) is 11.8 Å². The molecule has 4 aromatic rings. The Labute approximate surface area is 167 Å². The molecular formula is C24H18FNO3. The zero-order chi connectivity index (χ0) is 20.4. The van der Waals surface area contributed by atoms with Crippen LogP contribution in [0.3, 0.4) is 0 Å². The van der Waals surface area contributed by atoms with Gasteiger partial charge in [-0.25, -0.2) is 9.18 Å². The first-order chi connectivity index (χ1) is 14.1. The Hall–Kier alpha value is -3.73. The van der Waals surface area contributed by atoms with Gasteiger partial charge in [0.1, 0.15) is 5.82 Å². The third-order valence-corrected chi connectivity index (χ3v) is 4.83. The maximum Gasteiger partial charge on any atom is 0.338 e. The van der Waals surface area contributed by atoms with Gasteiger partial charge in [0.25, 0.3) is 0 Å². The molecule has 0 radical (unpaired) electrons. The Bertz CT molecular complexity index is 1210. The summed E-state index contributed by atoms with van der Waals surface area (Å²) >= 11 is 0. The summed E-state index contributed by atoms with van der Waals surface area (Å²) in [6.07, 6.45) is 0. The summed E-state index contributed by atoms with van der Waals surface area (Å²) in [4.78, 5) is 25.3. The Kier molecular flexibility index (Phi) is 4.96. The molecule has 4 rings (SSSR count). The van der Waals surface area contributed by atoms with E-state index in [0.29, 0.717) is 5.56 Å². The molecule has 144 valence electrons. The summed E-state index contributed by atoms with van der Waals surface area (Å²) in [6.45, 7) is -0.427. The first kappa shape index (κ1) is 18.6. The van der Waals surface area contributed by atoms with Crippen LogP contribution in [0.15, 0.2) is 78.9 Å². The average molecular weight is 387 g/mol. The monoisotopic (exact) mass is 387 g/mol. The molecule has 0 saturated carbocycles. The van der Waals surface area contributed by atoms with Gasteiger partial charge in [-0.3, -0.25) is 4.79 Å². The van der Waals surface area contributed by atoms with Crippen LogP contribution in [0.2, 0.25) is 0 Å². The van der Waals surface area contributed by atoms with Crippen LogP contribution in [0.5, 0.6) is 0 Å². The molecule has 0 atom stereocenters. The van der Waals surface area contributed by atoms with Gasteiger partial charge in [0.15, 0.2) is 6.61 Å². The number of esters is 1. The summed E-state index contributed by atoms with van der Waals surface area (Å²) in [7, 11) is 1.90. The number of aryl methyl sites for hydroxylation is 1. The molecule has 29 heavy (non-hydrogen) atoms. The van der Waals surface area contributed by atoms with E-state index in [2.05, 4.69) is 0 Å². The lowest BCUT2D eigenvalue weighted by atomic mass is 10.0. The number of nitrogens with zero attached hydrogens (tertiary/aromatic N) is 1. The molecule has 0 aliphatic heterocycles. The van der Waals surface area contributed by atoms with Gasteiger partial charge in [0, 0.05) is 18.0 Å². The van der Waals surface area contributed by atoms with E-state index in [1.165, 1.54) is 18.2 Å². The smallest absolute Gasteiger partial charge is 0.338 e. The van der Waals surface area contributed by atoms with Crippen molar-refractivity contribution in [1.82, 2.24) is 4.57 Å². The largest absolute Gasteiger partial charge is 0.454 e. The number of halogens is 1. The van der Waals surface area contributed by atoms with Crippen molar-refractivity contribution in [1.29, 1.82) is 0 Å². The maximum absolute atomic E-state index is 13.3. The van der Waals surface area contributed by atoms with Crippen molar-refractivity contribution in [2.75, 3.05) is 6.61 Å². The van der Waals surface area contributed by atoms with Gasteiger partial charge in [-0.05, 0) is 29.8 Å². The Morgan fingerprint density at radius 2 is 1.66 bits per heavy atom. The molecule has 0 aliphatic rings. The minimum Gasteiger partial charge on any atom is -0.454 e. The number of benzene rings is 3. The summed E-state index contributed by atoms with van der Waals surface area (Å²) in [5.74, 6) is -1.59. The maximum atomic E-state index is 13.3. The number of aromatic nitrogens is 1. The lowest BCUT2D eigenvalue weighted by molar-refractivity contribution is 0.0475. The van der Waals surface area contributed by atoms with E-state index in [1.807, 2.05) is 66.2 Å². The van der Waals surface area contributed by atoms with Crippen molar-refractivity contribution in [3.05, 3.63) is 95.8 Å². The Morgan fingerprint density at radius 3 is 2.41 bits per heavy atom. The van der Waals surface area contributed by atoms with Crippen LogP contribution < -0.4 is 0 Å². The van der Waals surface area contributed by atoms with Crippen molar-refractivity contribution in [3.8, 4) is 11.3 Å². The second-order valence-corrected chi connectivity index (χ2v) is 6.68. The van der Waals surface area contributed by atoms with Crippen LogP contribution in [-0.4, -0.2) is 22.9 Å². The number of hydrogen-bond donors (Lipinski definition) is 0. The van der Waals surface area contributed by atoms with Gasteiger partial charge in [-0.1, -0.05) is 54.6 Å². The van der Waals surface area contributed by atoms with Crippen molar-refractivity contribution in [2.24, 2.45) is 7.05 Å². The average Bonchev–Trinajstić information content (AvgIpc) is 3.05. The highest BCUT2D eigenvalue weighted by atomic mass is 19.1. The predicted molar refractivity (Wildman–Crippen MR) is 109 cm³/mol. The zero-order valence-corrected chi connectivity index (χ0v) is 15.8. The lowest BCUT2D eigenvalue weighted by Gasteiger charge is -2.09. The fourth-order valence-corrected chi connectivity index (χ4v) is 3.51. The molecule has 0 aliphatic carbocycles. The molecule has 0 unspecified atom stereocenters. The van der Waals surface area contributed by atoms with E-state index >= 15 is 0 Å². The quantitative estimate of drug-likeness (QED) is 0.357. The van der Waals surface area contributed by atoms with Crippen LogP contribution in [0.4, 0.5) is 4.39 Å². The lowest BCUT2D eigenvalue weighted by Crippen LogP contribution is -2.15. The summed E-state index contributed by atoms with van der Waals surface area (Å²) in [5, 5.41) is 0.792. The molecule has 0 amide bonds. The Morgan fingerprint density at radius 1 is 0.931 bits per heavy atom. The highest BCUT2D eigenvalue weighted by Gasteiger charge is 2.23. The van der Waals surface area contributed by atoms with Crippen LogP contribution in [0, 0.1) is 5.82 Å². The minimum absolute atomic E-state index is 0.0685. The molecule has 1 aromatic heterocycles. The topological polar surface area (TPSA) is 48.3 Å². The molecule has 0 N–H and O–H groups in total. The predicted octanol–water partition coefficient (Wildman–Crippen LogP) is 5.02. The van der Waals surface area contributed by atoms with E-state index in [0.717, 1.165) is 28.2 Å². The van der Waals surface area contributed by atoms with Crippen molar-refractivity contribution < 1.29 is 18.7 Å². The minimum atomic E-state index is -0.737. The number of ether oxygens (including phenoxy) is 1. The van der Waals surface area contributed by atoms with E-state index in [1.54, 1.807) is 0 Å². The highest BCUT2D eigenvalue weighted by Crippen LogP contribution is 2.33. The SMILES string of the molecule is Cn1c(-c2ccccc2)c(C(=O)COC(=O)c2cccc(F)c2)c2ccccc21. The number of ketones is 1.